The summed E-state index contributed by atoms with van der Waals surface area (Å²) in [5, 5.41) is 0.378. The normalized spacial score (nSPS) is 11.6. The summed E-state index contributed by atoms with van der Waals surface area (Å²) in [6, 6.07) is 8.26. The maximum absolute atomic E-state index is 13.4. The highest BCUT2D eigenvalue weighted by Crippen LogP contribution is 2.40. The maximum Gasteiger partial charge on any atom is 0.417 e. The van der Waals surface area contributed by atoms with Crippen LogP contribution in [0.15, 0.2) is 36.4 Å². The number of nitrogens with zero attached hydrogens (tertiary/aromatic N) is 2. The summed E-state index contributed by atoms with van der Waals surface area (Å²) in [5.41, 5.74) is 5.26. The molecule has 3 aromatic rings. The van der Waals surface area contributed by atoms with Gasteiger partial charge in [-0.15, -0.1) is 0 Å². The molecule has 2 aromatic carbocycles. The van der Waals surface area contributed by atoms with E-state index in [1.807, 2.05) is 0 Å². The number of nitrogens with two attached hydrogens (primary N) is 1. The van der Waals surface area contributed by atoms with Crippen LogP contribution in [0.25, 0.3) is 22.2 Å². The Kier molecular flexibility index (Phi) is 4.12. The fraction of sp³-hybridized carbons (Fsp3) is 0.176. The minimum absolute atomic E-state index is 0.0800. The van der Waals surface area contributed by atoms with Gasteiger partial charge in [0.2, 0.25) is 5.95 Å². The Bertz CT molecular complexity index is 942. The van der Waals surface area contributed by atoms with Crippen LogP contribution in [0, 0.1) is 0 Å². The molecule has 1 heterocycles. The molecule has 0 aliphatic rings. The van der Waals surface area contributed by atoms with Gasteiger partial charge >= 0.3 is 6.18 Å². The second-order valence-electron chi connectivity index (χ2n) is 5.20. The lowest BCUT2D eigenvalue weighted by atomic mass is 10.00. The molecule has 0 atom stereocenters. The van der Waals surface area contributed by atoms with Gasteiger partial charge in [0.15, 0.2) is 11.5 Å². The van der Waals surface area contributed by atoms with E-state index in [9.17, 15) is 13.2 Å². The number of fused-ring (bicyclic) bond motifs is 1. The van der Waals surface area contributed by atoms with Crippen LogP contribution in [0.4, 0.5) is 19.1 Å². The first-order valence-electron chi connectivity index (χ1n) is 7.21. The number of nitrogen functional groups attached to an aromatic ring is 1. The van der Waals surface area contributed by atoms with Crippen LogP contribution in [-0.2, 0) is 6.18 Å². The Morgan fingerprint density at radius 3 is 2.24 bits per heavy atom. The fourth-order valence-electron chi connectivity index (χ4n) is 2.62. The number of benzene rings is 2. The average Bonchev–Trinajstić information content (AvgIpc) is 2.59. The molecule has 0 saturated carbocycles. The summed E-state index contributed by atoms with van der Waals surface area (Å²) in [7, 11) is 2.89. The monoisotopic (exact) mass is 349 g/mol. The molecule has 0 amide bonds. The van der Waals surface area contributed by atoms with E-state index in [1.54, 1.807) is 6.07 Å². The molecule has 0 spiro atoms. The summed E-state index contributed by atoms with van der Waals surface area (Å²) in [6.45, 7) is 0. The molecule has 0 unspecified atom stereocenters. The first-order chi connectivity index (χ1) is 11.8. The molecule has 130 valence electrons. The minimum Gasteiger partial charge on any atom is -0.493 e. The highest BCUT2D eigenvalue weighted by Gasteiger charge is 2.34. The summed E-state index contributed by atoms with van der Waals surface area (Å²) in [4.78, 5) is 8.13. The smallest absolute Gasteiger partial charge is 0.417 e. The van der Waals surface area contributed by atoms with Crippen LogP contribution in [0.5, 0.6) is 11.5 Å². The third kappa shape index (κ3) is 3.02. The van der Waals surface area contributed by atoms with Gasteiger partial charge in [-0.1, -0.05) is 18.2 Å². The van der Waals surface area contributed by atoms with Crippen LogP contribution >= 0.6 is 0 Å². The van der Waals surface area contributed by atoms with Crippen molar-refractivity contribution < 1.29 is 22.6 Å². The van der Waals surface area contributed by atoms with Crippen LogP contribution in [0.2, 0.25) is 0 Å². The third-order valence-electron chi connectivity index (χ3n) is 3.71. The molecule has 0 aliphatic heterocycles. The number of aromatic nitrogens is 2. The third-order valence-corrected chi connectivity index (χ3v) is 3.71. The van der Waals surface area contributed by atoms with Gasteiger partial charge < -0.3 is 15.2 Å². The lowest BCUT2D eigenvalue weighted by Crippen LogP contribution is -2.08. The molecule has 1 aromatic heterocycles. The molecule has 5 nitrogen and oxygen atoms in total. The summed E-state index contributed by atoms with van der Waals surface area (Å²) >= 11 is 0. The fourth-order valence-corrected chi connectivity index (χ4v) is 2.62. The zero-order valence-corrected chi connectivity index (χ0v) is 13.4. The van der Waals surface area contributed by atoms with Crippen molar-refractivity contribution in [2.75, 3.05) is 20.0 Å². The van der Waals surface area contributed by atoms with Gasteiger partial charge in [0.05, 0.1) is 31.0 Å². The van der Waals surface area contributed by atoms with Crippen molar-refractivity contribution in [2.45, 2.75) is 6.18 Å². The molecule has 0 bridgehead atoms. The van der Waals surface area contributed by atoms with Crippen molar-refractivity contribution in [3.8, 4) is 22.8 Å². The Morgan fingerprint density at radius 2 is 1.60 bits per heavy atom. The Labute approximate surface area is 141 Å². The highest BCUT2D eigenvalue weighted by molar-refractivity contribution is 5.96. The number of anilines is 1. The van der Waals surface area contributed by atoms with E-state index >= 15 is 0 Å². The van der Waals surface area contributed by atoms with Gasteiger partial charge in [-0.2, -0.15) is 13.2 Å². The molecule has 8 heteroatoms. The molecular weight excluding hydrogens is 335 g/mol. The number of rotatable bonds is 3. The number of methoxy groups -OCH3 is 2. The van der Waals surface area contributed by atoms with Crippen LogP contribution in [0.3, 0.4) is 0 Å². The zero-order valence-electron chi connectivity index (χ0n) is 13.4. The zero-order chi connectivity index (χ0) is 18.2. The van der Waals surface area contributed by atoms with E-state index < -0.39 is 11.7 Å². The molecule has 0 aliphatic carbocycles. The van der Waals surface area contributed by atoms with Gasteiger partial charge in [0, 0.05) is 17.0 Å². The molecule has 25 heavy (non-hydrogen) atoms. The van der Waals surface area contributed by atoms with E-state index in [2.05, 4.69) is 9.97 Å². The van der Waals surface area contributed by atoms with Crippen LogP contribution in [0.1, 0.15) is 5.56 Å². The first-order valence-corrected chi connectivity index (χ1v) is 7.21. The van der Waals surface area contributed by atoms with Crippen LogP contribution < -0.4 is 15.2 Å². The van der Waals surface area contributed by atoms with Crippen molar-refractivity contribution in [3.63, 3.8) is 0 Å². The largest absolute Gasteiger partial charge is 0.493 e. The predicted molar refractivity (Wildman–Crippen MR) is 87.5 cm³/mol. The van der Waals surface area contributed by atoms with E-state index in [-0.39, 0.29) is 17.2 Å². The van der Waals surface area contributed by atoms with Crippen molar-refractivity contribution >= 4 is 16.9 Å². The quantitative estimate of drug-likeness (QED) is 0.776. The highest BCUT2D eigenvalue weighted by atomic mass is 19.4. The number of ether oxygens (including phenoxy) is 2. The maximum atomic E-state index is 13.4. The lowest BCUT2D eigenvalue weighted by molar-refractivity contribution is -0.137. The SMILES string of the molecule is COc1cc2nc(N)nc(-c3ccccc3C(F)(F)F)c2cc1OC. The Hall–Kier alpha value is -3.03. The number of halogens is 3. The van der Waals surface area contributed by atoms with Gasteiger partial charge in [0.1, 0.15) is 0 Å². The van der Waals surface area contributed by atoms with Crippen molar-refractivity contribution in [2.24, 2.45) is 0 Å². The standard InChI is InChI=1S/C17H14F3N3O2/c1-24-13-7-10-12(8-14(13)25-2)22-16(21)23-15(10)9-5-3-4-6-11(9)17(18,19)20/h3-8H,1-2H3,(H2,21,22,23). The molecule has 3 rings (SSSR count). The molecular formula is C17H14F3N3O2. The average molecular weight is 349 g/mol. The predicted octanol–water partition coefficient (Wildman–Crippen LogP) is 3.92. The number of hydrogen-bond acceptors (Lipinski definition) is 5. The molecule has 0 saturated heterocycles. The van der Waals surface area contributed by atoms with Crippen molar-refractivity contribution in [1.29, 1.82) is 0 Å². The van der Waals surface area contributed by atoms with Gasteiger partial charge in [0.25, 0.3) is 0 Å². The van der Waals surface area contributed by atoms with E-state index in [4.69, 9.17) is 15.2 Å². The molecule has 2 N–H and O–H groups in total. The second-order valence-corrected chi connectivity index (χ2v) is 5.20. The summed E-state index contributed by atoms with van der Waals surface area (Å²) in [6.07, 6.45) is -4.53. The van der Waals surface area contributed by atoms with E-state index in [1.165, 1.54) is 38.5 Å². The van der Waals surface area contributed by atoms with E-state index in [0.717, 1.165) is 6.07 Å². The lowest BCUT2D eigenvalue weighted by Gasteiger charge is -2.15. The van der Waals surface area contributed by atoms with Crippen molar-refractivity contribution in [1.82, 2.24) is 9.97 Å². The van der Waals surface area contributed by atoms with Crippen LogP contribution in [-0.4, -0.2) is 24.2 Å². The number of hydrogen-bond donors (Lipinski definition) is 1. The molecule has 0 radical (unpaired) electrons. The Balaban J connectivity index is 2.38. The summed E-state index contributed by atoms with van der Waals surface area (Å²) in [5.74, 6) is 0.615. The van der Waals surface area contributed by atoms with E-state index in [0.29, 0.717) is 22.4 Å². The Morgan fingerprint density at radius 1 is 0.960 bits per heavy atom. The van der Waals surface area contributed by atoms with Crippen molar-refractivity contribution in [3.05, 3.63) is 42.0 Å². The second kappa shape index (κ2) is 6.12. The number of alkyl halides is 3. The minimum atomic E-state index is -4.53. The molecule has 0 fully saturated rings. The summed E-state index contributed by atoms with van der Waals surface area (Å²) < 4.78 is 50.6. The van der Waals surface area contributed by atoms with Gasteiger partial charge in [-0.05, 0) is 12.1 Å². The first kappa shape index (κ1) is 16.8. The topological polar surface area (TPSA) is 70.3 Å². The van der Waals surface area contributed by atoms with Gasteiger partial charge in [-0.3, -0.25) is 0 Å². The van der Waals surface area contributed by atoms with Gasteiger partial charge in [-0.25, -0.2) is 9.97 Å².